The van der Waals surface area contributed by atoms with Gasteiger partial charge in [0.15, 0.2) is 0 Å². The summed E-state index contributed by atoms with van der Waals surface area (Å²) >= 11 is 1.31. The summed E-state index contributed by atoms with van der Waals surface area (Å²) in [4.78, 5) is 15.9. The predicted octanol–water partition coefficient (Wildman–Crippen LogP) is 6.48. The second-order valence-corrected chi connectivity index (χ2v) is 11.1. The largest absolute Gasteiger partial charge is 0.478 e. The molecular formula is C28H26F2N2O6S. The minimum absolute atomic E-state index is 0.0263. The van der Waals surface area contributed by atoms with Gasteiger partial charge in [-0.3, -0.25) is 0 Å². The summed E-state index contributed by atoms with van der Waals surface area (Å²) in [5, 5.41) is 25.4. The van der Waals surface area contributed by atoms with E-state index in [0.29, 0.717) is 47.5 Å². The van der Waals surface area contributed by atoms with Crippen LogP contribution < -0.4 is 4.74 Å². The fourth-order valence-corrected chi connectivity index (χ4v) is 6.26. The Balaban J connectivity index is 1.16. The lowest BCUT2D eigenvalue weighted by Gasteiger charge is -2.34. The van der Waals surface area contributed by atoms with Crippen LogP contribution in [0.2, 0.25) is 0 Å². The molecule has 2 heterocycles. The molecule has 2 N–H and O–H groups in total. The molecule has 2 aliphatic carbocycles. The highest BCUT2D eigenvalue weighted by Gasteiger charge is 2.39. The maximum atomic E-state index is 13.0. The van der Waals surface area contributed by atoms with E-state index in [1.165, 1.54) is 23.5 Å². The van der Waals surface area contributed by atoms with Crippen LogP contribution in [0.1, 0.15) is 71.1 Å². The number of benzene rings is 2. The Labute approximate surface area is 226 Å². The van der Waals surface area contributed by atoms with Crippen molar-refractivity contribution in [3.63, 3.8) is 0 Å². The summed E-state index contributed by atoms with van der Waals surface area (Å²) in [6, 6.07) is 11.3. The summed E-state index contributed by atoms with van der Waals surface area (Å²) in [6.07, 6.45) is 3.91. The highest BCUT2D eigenvalue weighted by atomic mass is 32.1. The number of aliphatic hydroxyl groups is 1. The number of aromatic carboxylic acids is 1. The van der Waals surface area contributed by atoms with Crippen LogP contribution in [0.25, 0.3) is 21.5 Å². The molecule has 2 aromatic heterocycles. The number of carboxylic acids is 1. The molecule has 8 nitrogen and oxygen atoms in total. The zero-order valence-electron chi connectivity index (χ0n) is 20.8. The van der Waals surface area contributed by atoms with Gasteiger partial charge in [-0.05, 0) is 68.9 Å². The van der Waals surface area contributed by atoms with Gasteiger partial charge in [0.05, 0.1) is 28.5 Å². The lowest BCUT2D eigenvalue weighted by atomic mass is 9.83. The van der Waals surface area contributed by atoms with E-state index in [-0.39, 0.29) is 29.9 Å². The van der Waals surface area contributed by atoms with Crippen molar-refractivity contribution < 1.29 is 37.8 Å². The quantitative estimate of drug-likeness (QED) is 0.241. The molecule has 2 saturated carbocycles. The third-order valence-electron chi connectivity index (χ3n) is 7.38. The molecule has 204 valence electrons. The van der Waals surface area contributed by atoms with Crippen molar-refractivity contribution in [3.05, 3.63) is 64.4 Å². The summed E-state index contributed by atoms with van der Waals surface area (Å²) in [5.74, 6) is -0.0166. The number of alkyl halides is 2. The molecule has 0 spiro atoms. The van der Waals surface area contributed by atoms with Crippen molar-refractivity contribution in [3.8, 4) is 17.0 Å². The van der Waals surface area contributed by atoms with Crippen molar-refractivity contribution in [1.82, 2.24) is 10.1 Å². The molecule has 2 aliphatic rings. The average Bonchev–Trinajstić information content (AvgIpc) is 3.52. The van der Waals surface area contributed by atoms with E-state index in [9.17, 15) is 23.8 Å². The Morgan fingerprint density at radius 1 is 1.15 bits per heavy atom. The second-order valence-electron chi connectivity index (χ2n) is 10.1. The van der Waals surface area contributed by atoms with Gasteiger partial charge in [0.25, 0.3) is 0 Å². The van der Waals surface area contributed by atoms with Crippen molar-refractivity contribution >= 4 is 27.5 Å². The van der Waals surface area contributed by atoms with Crippen LogP contribution in [-0.2, 0) is 16.9 Å². The standard InChI is InChI=1S/C28H26F2N2O6S/c29-27(30)37-21-4-2-1-3-18(21)23-19(24(38-32-23)15-5-6-15)14-36-17-9-11-28(35,12-10-17)26-31-20-8-7-16(25(33)34)13-22(20)39-26/h1-4,7-8,13,15,17,27,35H,5-6,9-12,14H2,(H,33,34). The molecule has 0 atom stereocenters. The number of nitrogens with zero attached hydrogens (tertiary/aromatic N) is 2. The molecule has 0 amide bonds. The Morgan fingerprint density at radius 3 is 2.64 bits per heavy atom. The third kappa shape index (κ3) is 5.26. The number of rotatable bonds is 9. The van der Waals surface area contributed by atoms with Gasteiger partial charge in [-0.1, -0.05) is 17.3 Å². The van der Waals surface area contributed by atoms with Crippen molar-refractivity contribution in [1.29, 1.82) is 0 Å². The first-order valence-corrected chi connectivity index (χ1v) is 13.6. The zero-order chi connectivity index (χ0) is 27.1. The molecule has 2 aromatic carbocycles. The number of fused-ring (bicyclic) bond motifs is 1. The molecule has 11 heteroatoms. The van der Waals surface area contributed by atoms with Gasteiger partial charge in [-0.15, -0.1) is 11.3 Å². The summed E-state index contributed by atoms with van der Waals surface area (Å²) in [6.45, 7) is -2.76. The van der Waals surface area contributed by atoms with Crippen molar-refractivity contribution in [2.75, 3.05) is 0 Å². The zero-order valence-corrected chi connectivity index (χ0v) is 21.6. The molecule has 0 bridgehead atoms. The second kappa shape index (κ2) is 10.3. The van der Waals surface area contributed by atoms with E-state index >= 15 is 0 Å². The van der Waals surface area contributed by atoms with Gasteiger partial charge < -0.3 is 24.2 Å². The fraction of sp³-hybridized carbons (Fsp3) is 0.393. The molecule has 39 heavy (non-hydrogen) atoms. The number of aromatic nitrogens is 2. The maximum absolute atomic E-state index is 13.0. The van der Waals surface area contributed by atoms with E-state index < -0.39 is 18.2 Å². The van der Waals surface area contributed by atoms with E-state index in [1.54, 1.807) is 30.3 Å². The number of para-hydroxylation sites is 1. The lowest BCUT2D eigenvalue weighted by molar-refractivity contribution is -0.0641. The normalized spacial score (nSPS) is 21.5. The summed E-state index contributed by atoms with van der Waals surface area (Å²) < 4.78 is 43.4. The van der Waals surface area contributed by atoms with Gasteiger partial charge >= 0.3 is 12.6 Å². The number of thiazole rings is 1. The highest BCUT2D eigenvalue weighted by molar-refractivity contribution is 7.18. The van der Waals surface area contributed by atoms with Gasteiger partial charge in [-0.25, -0.2) is 9.78 Å². The number of ether oxygens (including phenoxy) is 2. The highest BCUT2D eigenvalue weighted by Crippen LogP contribution is 2.46. The first kappa shape index (κ1) is 25.8. The van der Waals surface area contributed by atoms with Crippen LogP contribution in [0.15, 0.2) is 47.0 Å². The Bertz CT molecular complexity index is 1510. The average molecular weight is 557 g/mol. The molecular weight excluding hydrogens is 530 g/mol. The van der Waals surface area contributed by atoms with Gasteiger partial charge in [-0.2, -0.15) is 8.78 Å². The monoisotopic (exact) mass is 556 g/mol. The molecule has 2 fully saturated rings. The molecule has 6 rings (SSSR count). The molecule has 0 aliphatic heterocycles. The Morgan fingerprint density at radius 2 is 1.92 bits per heavy atom. The van der Waals surface area contributed by atoms with Gasteiger partial charge in [0.2, 0.25) is 0 Å². The predicted molar refractivity (Wildman–Crippen MR) is 138 cm³/mol. The van der Waals surface area contributed by atoms with E-state index in [4.69, 9.17) is 14.0 Å². The Hall–Kier alpha value is -3.41. The first-order chi connectivity index (χ1) is 18.8. The number of carbonyl (C=O) groups is 1. The fourth-order valence-electron chi connectivity index (χ4n) is 5.11. The molecule has 4 aromatic rings. The maximum Gasteiger partial charge on any atom is 0.387 e. The summed E-state index contributed by atoms with van der Waals surface area (Å²) in [5.41, 5.74) is 1.34. The van der Waals surface area contributed by atoms with Crippen LogP contribution in [-0.4, -0.2) is 39.0 Å². The van der Waals surface area contributed by atoms with Crippen molar-refractivity contribution in [2.45, 2.75) is 69.4 Å². The topological polar surface area (TPSA) is 115 Å². The first-order valence-electron chi connectivity index (χ1n) is 12.8. The van der Waals surface area contributed by atoms with E-state index in [1.807, 2.05) is 0 Å². The van der Waals surface area contributed by atoms with E-state index in [0.717, 1.165) is 28.9 Å². The number of hydrogen-bond acceptors (Lipinski definition) is 8. The van der Waals surface area contributed by atoms with Crippen LogP contribution in [0.3, 0.4) is 0 Å². The summed E-state index contributed by atoms with van der Waals surface area (Å²) in [7, 11) is 0. The molecule has 0 saturated heterocycles. The van der Waals surface area contributed by atoms with Gasteiger partial charge in [0.1, 0.15) is 27.8 Å². The number of hydrogen-bond donors (Lipinski definition) is 2. The van der Waals surface area contributed by atoms with E-state index in [2.05, 4.69) is 10.1 Å². The van der Waals surface area contributed by atoms with Crippen LogP contribution in [0, 0.1) is 0 Å². The van der Waals surface area contributed by atoms with Crippen LogP contribution in [0.4, 0.5) is 8.78 Å². The lowest BCUT2D eigenvalue weighted by Crippen LogP contribution is -2.34. The minimum Gasteiger partial charge on any atom is -0.478 e. The number of carboxylic acid groups (broad SMARTS) is 1. The molecule has 0 unspecified atom stereocenters. The smallest absolute Gasteiger partial charge is 0.387 e. The van der Waals surface area contributed by atoms with Gasteiger partial charge in [0, 0.05) is 17.0 Å². The van der Waals surface area contributed by atoms with Crippen LogP contribution in [0.5, 0.6) is 5.75 Å². The van der Waals surface area contributed by atoms with Crippen LogP contribution >= 0.6 is 11.3 Å². The molecule has 0 radical (unpaired) electrons. The Kier molecular flexibility index (Phi) is 6.82. The third-order valence-corrected chi connectivity index (χ3v) is 8.59. The SMILES string of the molecule is O=C(O)c1ccc2nc(C3(O)CCC(OCc4c(-c5ccccc5OC(F)F)noc4C4CC4)CC3)sc2c1. The minimum atomic E-state index is -2.96. The van der Waals surface area contributed by atoms with Crippen molar-refractivity contribution in [2.24, 2.45) is 0 Å². The number of halogens is 2.